The van der Waals surface area contributed by atoms with Gasteiger partial charge in [0.2, 0.25) is 5.91 Å². The summed E-state index contributed by atoms with van der Waals surface area (Å²) in [6, 6.07) is 24.4. The predicted molar refractivity (Wildman–Crippen MR) is 138 cm³/mol. The number of carbonyl (C=O) groups is 2. The molecule has 0 aliphatic rings. The summed E-state index contributed by atoms with van der Waals surface area (Å²) in [6.07, 6.45) is 0.937. The molecular formula is C28H33N3O4. The number of para-hydroxylation sites is 1. The van der Waals surface area contributed by atoms with E-state index in [4.69, 9.17) is 9.47 Å². The van der Waals surface area contributed by atoms with Crippen LogP contribution in [0.1, 0.15) is 22.3 Å². The van der Waals surface area contributed by atoms with Crippen LogP contribution in [-0.4, -0.2) is 62.5 Å². The molecule has 184 valence electrons. The first kappa shape index (κ1) is 25.9. The molecule has 7 nitrogen and oxygen atoms in total. The molecule has 0 radical (unpaired) electrons. The molecule has 0 fully saturated rings. The first-order valence-electron chi connectivity index (χ1n) is 11.6. The number of likely N-dealkylation sites (N-methyl/N-ethyl adjacent to an activating group) is 1. The Labute approximate surface area is 207 Å². The molecule has 35 heavy (non-hydrogen) atoms. The van der Waals surface area contributed by atoms with Crippen molar-refractivity contribution in [1.29, 1.82) is 0 Å². The van der Waals surface area contributed by atoms with E-state index in [1.165, 1.54) is 7.11 Å². The van der Waals surface area contributed by atoms with Crippen LogP contribution in [0.5, 0.6) is 11.5 Å². The van der Waals surface area contributed by atoms with E-state index in [1.807, 2.05) is 78.7 Å². The number of hydrogen-bond acceptors (Lipinski definition) is 6. The van der Waals surface area contributed by atoms with Gasteiger partial charge in [0, 0.05) is 12.2 Å². The van der Waals surface area contributed by atoms with E-state index in [9.17, 15) is 9.59 Å². The zero-order valence-corrected chi connectivity index (χ0v) is 20.6. The van der Waals surface area contributed by atoms with E-state index < -0.39 is 0 Å². The fourth-order valence-corrected chi connectivity index (χ4v) is 3.62. The van der Waals surface area contributed by atoms with Crippen LogP contribution in [0.25, 0.3) is 0 Å². The Hall–Kier alpha value is -3.68. The molecule has 1 amide bonds. The summed E-state index contributed by atoms with van der Waals surface area (Å²) in [6.45, 7) is 2.81. The molecule has 0 bridgehead atoms. The third-order valence-electron chi connectivity index (χ3n) is 5.44. The second kappa shape index (κ2) is 13.3. The summed E-state index contributed by atoms with van der Waals surface area (Å²) >= 11 is 0. The fraction of sp³-hybridized carbons (Fsp3) is 0.286. The molecule has 0 saturated heterocycles. The highest BCUT2D eigenvalue weighted by atomic mass is 16.5. The molecule has 0 heterocycles. The molecule has 1 N–H and O–H groups in total. The number of nitrogens with one attached hydrogen (secondary N) is 1. The number of amides is 1. The molecule has 0 aliphatic heterocycles. The van der Waals surface area contributed by atoms with Crippen molar-refractivity contribution >= 4 is 17.6 Å². The first-order chi connectivity index (χ1) is 16.9. The third-order valence-corrected chi connectivity index (χ3v) is 5.44. The van der Waals surface area contributed by atoms with Crippen molar-refractivity contribution in [2.45, 2.75) is 13.0 Å². The molecule has 0 aromatic heterocycles. The number of benzene rings is 3. The Morgan fingerprint density at radius 2 is 1.43 bits per heavy atom. The van der Waals surface area contributed by atoms with Gasteiger partial charge in [-0.25, -0.2) is 4.79 Å². The SMILES string of the molecule is COC(=O)c1ccc(CN(C)CCCN(C)CC(=O)Nc2ccc(Oc3ccccc3)cc2)cc1. The van der Waals surface area contributed by atoms with Crippen LogP contribution in [0, 0.1) is 0 Å². The number of anilines is 1. The Bertz CT molecular complexity index is 1070. The average molecular weight is 476 g/mol. The van der Waals surface area contributed by atoms with Gasteiger partial charge in [0.15, 0.2) is 0 Å². The van der Waals surface area contributed by atoms with Crippen LogP contribution in [0.15, 0.2) is 78.9 Å². The fourth-order valence-electron chi connectivity index (χ4n) is 3.62. The molecule has 3 aromatic rings. The molecule has 0 saturated carbocycles. The number of rotatable bonds is 12. The lowest BCUT2D eigenvalue weighted by Crippen LogP contribution is -2.32. The Morgan fingerprint density at radius 1 is 0.800 bits per heavy atom. The summed E-state index contributed by atoms with van der Waals surface area (Å²) in [4.78, 5) is 28.2. The van der Waals surface area contributed by atoms with E-state index in [-0.39, 0.29) is 11.9 Å². The van der Waals surface area contributed by atoms with Crippen LogP contribution in [-0.2, 0) is 16.1 Å². The molecule has 0 aliphatic carbocycles. The van der Waals surface area contributed by atoms with Gasteiger partial charge in [-0.05, 0) is 87.7 Å². The minimum atomic E-state index is -0.328. The van der Waals surface area contributed by atoms with Gasteiger partial charge in [0.25, 0.3) is 0 Å². The van der Waals surface area contributed by atoms with Crippen molar-refractivity contribution in [1.82, 2.24) is 9.80 Å². The van der Waals surface area contributed by atoms with Crippen LogP contribution in [0.2, 0.25) is 0 Å². The van der Waals surface area contributed by atoms with Crippen molar-refractivity contribution < 1.29 is 19.1 Å². The maximum Gasteiger partial charge on any atom is 0.337 e. The highest BCUT2D eigenvalue weighted by Gasteiger charge is 2.09. The van der Waals surface area contributed by atoms with Gasteiger partial charge in [-0.3, -0.25) is 9.69 Å². The van der Waals surface area contributed by atoms with Gasteiger partial charge in [0.05, 0.1) is 19.2 Å². The number of esters is 1. The molecule has 3 aromatic carbocycles. The summed E-state index contributed by atoms with van der Waals surface area (Å²) in [5, 5.41) is 2.93. The number of carbonyl (C=O) groups excluding carboxylic acids is 2. The van der Waals surface area contributed by atoms with Crippen molar-refractivity contribution in [2.75, 3.05) is 46.2 Å². The number of hydrogen-bond donors (Lipinski definition) is 1. The van der Waals surface area contributed by atoms with Gasteiger partial charge in [0.1, 0.15) is 11.5 Å². The summed E-state index contributed by atoms with van der Waals surface area (Å²) in [5.74, 6) is 1.11. The van der Waals surface area contributed by atoms with Gasteiger partial charge in [-0.1, -0.05) is 30.3 Å². The lowest BCUT2D eigenvalue weighted by Gasteiger charge is -2.20. The van der Waals surface area contributed by atoms with Crippen molar-refractivity contribution in [3.05, 3.63) is 90.0 Å². The molecule has 0 atom stereocenters. The summed E-state index contributed by atoms with van der Waals surface area (Å²) in [5.41, 5.74) is 2.42. The predicted octanol–water partition coefficient (Wildman–Crippen LogP) is 4.66. The van der Waals surface area contributed by atoms with E-state index in [0.29, 0.717) is 12.1 Å². The Kier molecular flexibility index (Phi) is 9.83. The number of nitrogens with zero attached hydrogens (tertiary/aromatic N) is 2. The topological polar surface area (TPSA) is 71.1 Å². The number of ether oxygens (including phenoxy) is 2. The monoisotopic (exact) mass is 475 g/mol. The van der Waals surface area contributed by atoms with E-state index in [1.54, 1.807) is 12.1 Å². The quantitative estimate of drug-likeness (QED) is 0.384. The van der Waals surface area contributed by atoms with Crippen LogP contribution in [0.4, 0.5) is 5.69 Å². The molecule has 0 spiro atoms. The Morgan fingerprint density at radius 3 is 2.09 bits per heavy atom. The second-order valence-corrected chi connectivity index (χ2v) is 8.51. The summed E-state index contributed by atoms with van der Waals surface area (Å²) in [7, 11) is 5.39. The normalized spacial score (nSPS) is 10.9. The maximum atomic E-state index is 12.4. The summed E-state index contributed by atoms with van der Waals surface area (Å²) < 4.78 is 10.5. The van der Waals surface area contributed by atoms with Crippen LogP contribution < -0.4 is 10.1 Å². The maximum absolute atomic E-state index is 12.4. The van der Waals surface area contributed by atoms with Gasteiger partial charge < -0.3 is 19.7 Å². The number of methoxy groups -OCH3 is 1. The van der Waals surface area contributed by atoms with Crippen molar-refractivity contribution in [3.63, 3.8) is 0 Å². The zero-order valence-electron chi connectivity index (χ0n) is 20.6. The van der Waals surface area contributed by atoms with Crippen molar-refractivity contribution in [2.24, 2.45) is 0 Å². The third kappa shape index (κ3) is 8.88. The molecule has 7 heteroatoms. The molecule has 3 rings (SSSR count). The highest BCUT2D eigenvalue weighted by molar-refractivity contribution is 5.92. The average Bonchev–Trinajstić information content (AvgIpc) is 2.85. The smallest absolute Gasteiger partial charge is 0.337 e. The molecule has 0 unspecified atom stereocenters. The second-order valence-electron chi connectivity index (χ2n) is 8.51. The lowest BCUT2D eigenvalue weighted by atomic mass is 10.1. The largest absolute Gasteiger partial charge is 0.465 e. The Balaban J connectivity index is 1.34. The van der Waals surface area contributed by atoms with E-state index >= 15 is 0 Å². The van der Waals surface area contributed by atoms with Gasteiger partial charge in [-0.2, -0.15) is 0 Å². The van der Waals surface area contributed by atoms with Gasteiger partial charge >= 0.3 is 5.97 Å². The van der Waals surface area contributed by atoms with Crippen LogP contribution >= 0.6 is 0 Å². The van der Waals surface area contributed by atoms with Crippen LogP contribution in [0.3, 0.4) is 0 Å². The van der Waals surface area contributed by atoms with Gasteiger partial charge in [-0.15, -0.1) is 0 Å². The highest BCUT2D eigenvalue weighted by Crippen LogP contribution is 2.22. The van der Waals surface area contributed by atoms with Crippen molar-refractivity contribution in [3.8, 4) is 11.5 Å². The minimum absolute atomic E-state index is 0.0525. The molecular weight excluding hydrogens is 442 g/mol. The minimum Gasteiger partial charge on any atom is -0.465 e. The zero-order chi connectivity index (χ0) is 25.0. The standard InChI is InChI=1S/C28H33N3O4/c1-30(20-22-10-12-23(13-11-22)28(33)34-3)18-7-19-31(2)21-27(32)29-24-14-16-26(17-15-24)35-25-8-5-4-6-9-25/h4-6,8-17H,7,18-21H2,1-3H3,(H,29,32). The van der Waals surface area contributed by atoms with E-state index in [0.717, 1.165) is 48.8 Å². The van der Waals surface area contributed by atoms with E-state index in [2.05, 4.69) is 17.3 Å². The first-order valence-corrected chi connectivity index (χ1v) is 11.6. The lowest BCUT2D eigenvalue weighted by molar-refractivity contribution is -0.117.